The molecule has 0 aromatic heterocycles. The predicted octanol–water partition coefficient (Wildman–Crippen LogP) is 4.24. The highest BCUT2D eigenvalue weighted by atomic mass is 35.5. The molecule has 0 unspecified atom stereocenters. The van der Waals surface area contributed by atoms with Gasteiger partial charge in [0.05, 0.1) is 17.9 Å². The molecule has 9 atom stereocenters. The predicted molar refractivity (Wildman–Crippen MR) is 158 cm³/mol. The van der Waals surface area contributed by atoms with Gasteiger partial charge in [0.15, 0.2) is 0 Å². The molecular formula is C32H43ClN4O4. The number of halogens is 1. The van der Waals surface area contributed by atoms with Crippen molar-refractivity contribution in [3.8, 4) is 0 Å². The number of carbonyl (C=O) groups is 3. The van der Waals surface area contributed by atoms with Crippen LogP contribution < -0.4 is 10.6 Å². The van der Waals surface area contributed by atoms with E-state index >= 15 is 0 Å². The molecule has 1 aromatic carbocycles. The fourth-order valence-electron chi connectivity index (χ4n) is 8.07. The molecule has 1 aromatic rings. The number of likely N-dealkylation sites (tertiary alicyclic amines) is 2. The number of fused-ring (bicyclic) bond motifs is 1. The van der Waals surface area contributed by atoms with Crippen molar-refractivity contribution in [2.24, 2.45) is 23.7 Å². The number of ether oxygens (including phenoxy) is 1. The Morgan fingerprint density at radius 3 is 2.68 bits per heavy atom. The summed E-state index contributed by atoms with van der Waals surface area (Å²) in [6.45, 7) is 8.81. The van der Waals surface area contributed by atoms with Crippen LogP contribution in [0, 0.1) is 23.7 Å². The highest BCUT2D eigenvalue weighted by Crippen LogP contribution is 2.55. The molecule has 3 saturated heterocycles. The van der Waals surface area contributed by atoms with Crippen molar-refractivity contribution in [2.45, 2.75) is 89.1 Å². The van der Waals surface area contributed by atoms with Crippen molar-refractivity contribution in [2.75, 3.05) is 25.0 Å². The van der Waals surface area contributed by atoms with Crippen LogP contribution in [-0.4, -0.2) is 77.0 Å². The van der Waals surface area contributed by atoms with E-state index in [1.807, 2.05) is 12.2 Å². The molecule has 3 amide bonds. The first-order valence-corrected chi connectivity index (χ1v) is 15.9. The summed E-state index contributed by atoms with van der Waals surface area (Å²) in [6, 6.07) is 6.67. The average molecular weight is 583 g/mol. The van der Waals surface area contributed by atoms with E-state index in [1.165, 1.54) is 12.8 Å². The Morgan fingerprint density at radius 2 is 1.90 bits per heavy atom. The fraction of sp³-hybridized carbons (Fsp3) is 0.656. The lowest BCUT2D eigenvalue weighted by molar-refractivity contribution is -0.142. The van der Waals surface area contributed by atoms with Crippen molar-refractivity contribution in [3.05, 3.63) is 41.4 Å². The number of amides is 3. The largest absolute Gasteiger partial charge is 0.359 e. The van der Waals surface area contributed by atoms with Crippen LogP contribution in [0.5, 0.6) is 0 Å². The maximum absolute atomic E-state index is 14.3. The van der Waals surface area contributed by atoms with Gasteiger partial charge in [0, 0.05) is 35.9 Å². The molecular weight excluding hydrogens is 540 g/mol. The van der Waals surface area contributed by atoms with Crippen LogP contribution in [-0.2, 0) is 19.1 Å². The summed E-state index contributed by atoms with van der Waals surface area (Å²) in [5, 5.41) is 6.81. The first-order chi connectivity index (χ1) is 19.7. The Kier molecular flexibility index (Phi) is 7.94. The topological polar surface area (TPSA) is 91.0 Å². The molecule has 222 valence electrons. The maximum Gasteiger partial charge on any atom is 0.246 e. The van der Waals surface area contributed by atoms with Crippen LogP contribution in [0.4, 0.5) is 5.69 Å². The van der Waals surface area contributed by atoms with Crippen LogP contribution in [0.15, 0.2) is 36.4 Å². The van der Waals surface area contributed by atoms with Crippen LogP contribution in [0.2, 0.25) is 5.02 Å². The third-order valence-corrected chi connectivity index (χ3v) is 10.9. The van der Waals surface area contributed by atoms with E-state index in [2.05, 4.69) is 36.3 Å². The van der Waals surface area contributed by atoms with E-state index in [1.54, 1.807) is 29.2 Å². The third kappa shape index (κ3) is 5.10. The first kappa shape index (κ1) is 28.7. The molecule has 6 rings (SSSR count). The number of benzene rings is 1. The Labute approximate surface area is 248 Å². The highest BCUT2D eigenvalue weighted by Gasteiger charge is 2.72. The van der Waals surface area contributed by atoms with Gasteiger partial charge in [-0.25, -0.2) is 0 Å². The molecule has 1 saturated carbocycles. The molecule has 1 aliphatic carbocycles. The molecule has 5 aliphatic rings. The third-order valence-electron chi connectivity index (χ3n) is 10.6. The summed E-state index contributed by atoms with van der Waals surface area (Å²) in [7, 11) is 0. The van der Waals surface area contributed by atoms with Gasteiger partial charge < -0.3 is 20.3 Å². The lowest BCUT2D eigenvalue weighted by atomic mass is 9.73. The van der Waals surface area contributed by atoms with E-state index in [0.29, 0.717) is 41.7 Å². The second-order valence-electron chi connectivity index (χ2n) is 13.0. The summed E-state index contributed by atoms with van der Waals surface area (Å²) in [5.41, 5.74) is -0.585. The van der Waals surface area contributed by atoms with Gasteiger partial charge in [-0.15, -0.1) is 0 Å². The number of nitrogens with zero attached hydrogens (tertiary/aromatic N) is 2. The maximum atomic E-state index is 14.3. The number of hydrogen-bond donors (Lipinski definition) is 2. The standard InChI is InChI=1S/C32H43ClN4O4/c1-19-8-6-12-24(21(19)3)35-30(39)28-32-14-13-25(41-32)26(29(38)34-23-11-7-10-22(33)18-23)27(32)31(40)37(28)17-16-36-15-5-4-9-20(36)2/h7,10-11,13-14,18-21,24-28H,4-6,8-9,12,15-17H2,1-3H3,(H,34,38)(H,35,39)/t19-,20+,21-,24+,25+,26-,27+,28+,32+/m1/s1. The number of carbonyl (C=O) groups excluding carboxylic acids is 3. The minimum absolute atomic E-state index is 0.0604. The summed E-state index contributed by atoms with van der Waals surface area (Å²) in [6.07, 6.45) is 9.89. The molecule has 1 spiro atoms. The van der Waals surface area contributed by atoms with Gasteiger partial charge in [-0.3, -0.25) is 19.3 Å². The van der Waals surface area contributed by atoms with Gasteiger partial charge in [-0.2, -0.15) is 0 Å². The second-order valence-corrected chi connectivity index (χ2v) is 13.4. The van der Waals surface area contributed by atoms with Gasteiger partial charge in [0.2, 0.25) is 17.7 Å². The number of nitrogens with one attached hydrogen (secondary N) is 2. The monoisotopic (exact) mass is 582 g/mol. The molecule has 2 bridgehead atoms. The number of piperidine rings is 1. The zero-order valence-electron chi connectivity index (χ0n) is 24.4. The van der Waals surface area contributed by atoms with Crippen molar-refractivity contribution >= 4 is 35.0 Å². The normalized spacial score (nSPS) is 38.2. The zero-order valence-corrected chi connectivity index (χ0v) is 25.1. The van der Waals surface area contributed by atoms with Gasteiger partial charge in [-0.05, 0) is 62.8 Å². The molecule has 4 aliphatic heterocycles. The molecule has 4 heterocycles. The lowest BCUT2D eigenvalue weighted by Crippen LogP contribution is -2.58. The van der Waals surface area contributed by atoms with Gasteiger partial charge in [0.1, 0.15) is 11.6 Å². The van der Waals surface area contributed by atoms with E-state index < -0.39 is 29.6 Å². The summed E-state index contributed by atoms with van der Waals surface area (Å²) in [4.78, 5) is 46.3. The second kappa shape index (κ2) is 11.3. The minimum Gasteiger partial charge on any atom is -0.359 e. The molecule has 41 heavy (non-hydrogen) atoms. The Morgan fingerprint density at radius 1 is 1.07 bits per heavy atom. The van der Waals surface area contributed by atoms with E-state index in [4.69, 9.17) is 16.3 Å². The van der Waals surface area contributed by atoms with Gasteiger partial charge in [-0.1, -0.05) is 62.9 Å². The van der Waals surface area contributed by atoms with Crippen molar-refractivity contribution in [1.29, 1.82) is 0 Å². The molecule has 9 heteroatoms. The minimum atomic E-state index is -1.15. The fourth-order valence-corrected chi connectivity index (χ4v) is 8.26. The van der Waals surface area contributed by atoms with E-state index in [9.17, 15) is 14.4 Å². The van der Waals surface area contributed by atoms with Crippen LogP contribution >= 0.6 is 11.6 Å². The Balaban J connectivity index is 1.28. The summed E-state index contributed by atoms with van der Waals surface area (Å²) in [5.74, 6) is -1.23. The van der Waals surface area contributed by atoms with Crippen LogP contribution in [0.1, 0.15) is 59.3 Å². The van der Waals surface area contributed by atoms with Gasteiger partial charge >= 0.3 is 0 Å². The number of hydrogen-bond acceptors (Lipinski definition) is 5. The zero-order chi connectivity index (χ0) is 28.9. The Bertz CT molecular complexity index is 1220. The van der Waals surface area contributed by atoms with Crippen molar-refractivity contribution in [3.63, 3.8) is 0 Å². The van der Waals surface area contributed by atoms with Crippen LogP contribution in [0.25, 0.3) is 0 Å². The average Bonchev–Trinajstić information content (AvgIpc) is 3.58. The van der Waals surface area contributed by atoms with E-state index in [0.717, 1.165) is 32.2 Å². The molecule has 2 N–H and O–H groups in total. The smallest absolute Gasteiger partial charge is 0.246 e. The van der Waals surface area contributed by atoms with E-state index in [-0.39, 0.29) is 23.8 Å². The summed E-state index contributed by atoms with van der Waals surface area (Å²) >= 11 is 6.15. The number of rotatable bonds is 7. The van der Waals surface area contributed by atoms with Crippen LogP contribution in [0.3, 0.4) is 0 Å². The first-order valence-electron chi connectivity index (χ1n) is 15.5. The molecule has 4 fully saturated rings. The number of anilines is 1. The van der Waals surface area contributed by atoms with Gasteiger partial charge in [0.25, 0.3) is 0 Å². The summed E-state index contributed by atoms with van der Waals surface area (Å²) < 4.78 is 6.53. The SMILES string of the molecule is C[C@@H]1[C@H](C)CCC[C@@H]1NC(=O)[C@@H]1N(CCN2CCCC[C@@H]2C)C(=O)[C@@H]2[C@H](C(=O)Nc3cccc(Cl)c3)[C@@H]3C=C[C@]21O3. The quantitative estimate of drug-likeness (QED) is 0.469. The highest BCUT2D eigenvalue weighted by molar-refractivity contribution is 6.30. The van der Waals surface area contributed by atoms with Crippen molar-refractivity contribution in [1.82, 2.24) is 15.1 Å². The molecule has 8 nitrogen and oxygen atoms in total. The lowest BCUT2D eigenvalue weighted by Gasteiger charge is -2.39. The molecule has 0 radical (unpaired) electrons. The Hall–Kier alpha value is -2.42. The van der Waals surface area contributed by atoms with Crippen molar-refractivity contribution < 1.29 is 19.1 Å².